The highest BCUT2D eigenvalue weighted by Gasteiger charge is 2.08. The maximum absolute atomic E-state index is 13.1. The number of H-pyrrole nitrogens is 1. The number of hydrogen-bond acceptors (Lipinski definition) is 2. The van der Waals surface area contributed by atoms with E-state index in [0.29, 0.717) is 17.7 Å². The summed E-state index contributed by atoms with van der Waals surface area (Å²) in [5.74, 6) is -0.668. The molecular weight excluding hydrogens is 307 g/mol. The molecule has 0 spiro atoms. The van der Waals surface area contributed by atoms with Crippen LogP contribution in [-0.2, 0) is 11.2 Å². The number of carbonyl (C=O) groups is 1. The van der Waals surface area contributed by atoms with Crippen LogP contribution >= 0.6 is 0 Å². The van der Waals surface area contributed by atoms with Crippen LogP contribution in [0.1, 0.15) is 17.5 Å². The Morgan fingerprint density at radius 3 is 2.79 bits per heavy atom. The molecule has 0 saturated heterocycles. The number of nitrogens with one attached hydrogen (secondary N) is 2. The molecular formula is C19H17FN2O2. The average Bonchev–Trinajstić information content (AvgIpc) is 2.53. The van der Waals surface area contributed by atoms with Gasteiger partial charge in [-0.3, -0.25) is 9.59 Å². The zero-order chi connectivity index (χ0) is 17.1. The predicted octanol–water partition coefficient (Wildman–Crippen LogP) is 3.55. The predicted molar refractivity (Wildman–Crippen MR) is 92.7 cm³/mol. The van der Waals surface area contributed by atoms with Crippen molar-refractivity contribution in [3.05, 3.63) is 75.8 Å². The number of hydrogen-bond donors (Lipinski definition) is 2. The van der Waals surface area contributed by atoms with Crippen LogP contribution in [0, 0.1) is 12.7 Å². The minimum atomic E-state index is -0.408. The first-order valence-corrected chi connectivity index (χ1v) is 7.69. The third-order valence-electron chi connectivity index (χ3n) is 3.81. The normalized spacial score (nSPS) is 10.8. The number of anilines is 1. The van der Waals surface area contributed by atoms with Crippen LogP contribution in [0.4, 0.5) is 10.1 Å². The molecule has 0 fully saturated rings. The van der Waals surface area contributed by atoms with E-state index in [0.717, 1.165) is 16.5 Å². The first kappa shape index (κ1) is 15.9. The SMILES string of the molecule is Cc1ccc2[nH]c(=O)c(CCC(=O)Nc3cccc(F)c3)cc2c1. The van der Waals surface area contributed by atoms with Gasteiger partial charge in [0.25, 0.3) is 5.56 Å². The molecule has 0 radical (unpaired) electrons. The molecule has 3 rings (SSSR count). The number of carbonyl (C=O) groups excluding carboxylic acids is 1. The molecule has 0 aliphatic carbocycles. The highest BCUT2D eigenvalue weighted by molar-refractivity contribution is 5.90. The average molecular weight is 324 g/mol. The van der Waals surface area contributed by atoms with Crippen LogP contribution in [-0.4, -0.2) is 10.9 Å². The van der Waals surface area contributed by atoms with Gasteiger partial charge in [-0.05, 0) is 55.1 Å². The molecule has 122 valence electrons. The van der Waals surface area contributed by atoms with E-state index in [4.69, 9.17) is 0 Å². The van der Waals surface area contributed by atoms with Gasteiger partial charge in [-0.25, -0.2) is 4.39 Å². The second-order valence-corrected chi connectivity index (χ2v) is 5.77. The molecule has 0 unspecified atom stereocenters. The molecule has 4 nitrogen and oxygen atoms in total. The topological polar surface area (TPSA) is 62.0 Å². The number of benzene rings is 2. The van der Waals surface area contributed by atoms with Crippen LogP contribution in [0.25, 0.3) is 10.9 Å². The van der Waals surface area contributed by atoms with E-state index >= 15 is 0 Å². The smallest absolute Gasteiger partial charge is 0.251 e. The molecule has 2 N–H and O–H groups in total. The summed E-state index contributed by atoms with van der Waals surface area (Å²) in [5, 5.41) is 3.57. The van der Waals surface area contributed by atoms with Crippen molar-refractivity contribution >= 4 is 22.5 Å². The molecule has 0 aliphatic heterocycles. The fourth-order valence-electron chi connectivity index (χ4n) is 2.59. The number of halogens is 1. The molecule has 0 atom stereocenters. The van der Waals surface area contributed by atoms with Gasteiger partial charge < -0.3 is 10.3 Å². The van der Waals surface area contributed by atoms with E-state index < -0.39 is 5.82 Å². The Morgan fingerprint density at radius 2 is 2.00 bits per heavy atom. The van der Waals surface area contributed by atoms with E-state index in [1.165, 1.54) is 18.2 Å². The Bertz CT molecular complexity index is 963. The van der Waals surface area contributed by atoms with Crippen LogP contribution < -0.4 is 10.9 Å². The Balaban J connectivity index is 1.72. The van der Waals surface area contributed by atoms with Gasteiger partial charge in [-0.15, -0.1) is 0 Å². The number of aromatic nitrogens is 1. The fourth-order valence-corrected chi connectivity index (χ4v) is 2.59. The summed E-state index contributed by atoms with van der Waals surface area (Å²) in [4.78, 5) is 26.9. The molecule has 5 heteroatoms. The molecule has 0 aliphatic rings. The Hall–Kier alpha value is -2.95. The zero-order valence-electron chi connectivity index (χ0n) is 13.2. The van der Waals surface area contributed by atoms with Gasteiger partial charge in [0.15, 0.2) is 0 Å². The van der Waals surface area contributed by atoms with Crippen LogP contribution in [0.3, 0.4) is 0 Å². The maximum Gasteiger partial charge on any atom is 0.251 e. The highest BCUT2D eigenvalue weighted by atomic mass is 19.1. The maximum atomic E-state index is 13.1. The van der Waals surface area contributed by atoms with Crippen molar-refractivity contribution in [1.82, 2.24) is 4.98 Å². The largest absolute Gasteiger partial charge is 0.326 e. The summed E-state index contributed by atoms with van der Waals surface area (Å²) in [7, 11) is 0. The molecule has 24 heavy (non-hydrogen) atoms. The van der Waals surface area contributed by atoms with Gasteiger partial charge in [0.05, 0.1) is 0 Å². The van der Waals surface area contributed by atoms with E-state index in [1.54, 1.807) is 6.07 Å². The van der Waals surface area contributed by atoms with E-state index in [1.807, 2.05) is 31.2 Å². The van der Waals surface area contributed by atoms with Crippen molar-refractivity contribution in [1.29, 1.82) is 0 Å². The molecule has 1 amide bonds. The van der Waals surface area contributed by atoms with Crippen molar-refractivity contribution < 1.29 is 9.18 Å². The Labute approximate surface area is 138 Å². The number of aryl methyl sites for hydroxylation is 2. The molecule has 3 aromatic rings. The van der Waals surface area contributed by atoms with Gasteiger partial charge in [-0.1, -0.05) is 17.7 Å². The second-order valence-electron chi connectivity index (χ2n) is 5.77. The molecule has 0 bridgehead atoms. The number of fused-ring (bicyclic) bond motifs is 1. The highest BCUT2D eigenvalue weighted by Crippen LogP contribution is 2.14. The van der Waals surface area contributed by atoms with Gasteiger partial charge in [-0.2, -0.15) is 0 Å². The quantitative estimate of drug-likeness (QED) is 0.771. The van der Waals surface area contributed by atoms with Gasteiger partial charge >= 0.3 is 0 Å². The van der Waals surface area contributed by atoms with Crippen LogP contribution in [0.15, 0.2) is 53.3 Å². The number of pyridine rings is 1. The fraction of sp³-hybridized carbons (Fsp3) is 0.158. The molecule has 0 saturated carbocycles. The third-order valence-corrected chi connectivity index (χ3v) is 3.81. The first-order chi connectivity index (χ1) is 11.5. The van der Waals surface area contributed by atoms with Gasteiger partial charge in [0, 0.05) is 23.2 Å². The standard InChI is InChI=1S/C19H17FN2O2/c1-12-5-7-17-14(9-12)10-13(19(24)22-17)6-8-18(23)21-16-4-2-3-15(20)11-16/h2-5,7,9-11H,6,8H2,1H3,(H,21,23)(H,22,24). The number of aromatic amines is 1. The lowest BCUT2D eigenvalue weighted by molar-refractivity contribution is -0.116. The van der Waals surface area contributed by atoms with E-state index in [-0.39, 0.29) is 17.9 Å². The summed E-state index contributed by atoms with van der Waals surface area (Å²) in [6, 6.07) is 13.3. The molecule has 2 aromatic carbocycles. The minimum Gasteiger partial charge on any atom is -0.326 e. The van der Waals surface area contributed by atoms with Gasteiger partial charge in [0.2, 0.25) is 5.91 Å². The van der Waals surface area contributed by atoms with Crippen LogP contribution in [0.5, 0.6) is 0 Å². The first-order valence-electron chi connectivity index (χ1n) is 7.69. The molecule has 1 heterocycles. The Kier molecular flexibility index (Phi) is 4.42. The molecule has 1 aromatic heterocycles. The number of rotatable bonds is 4. The Morgan fingerprint density at radius 1 is 1.17 bits per heavy atom. The minimum absolute atomic E-state index is 0.150. The monoisotopic (exact) mass is 324 g/mol. The van der Waals surface area contributed by atoms with Crippen molar-refractivity contribution in [3.63, 3.8) is 0 Å². The summed E-state index contributed by atoms with van der Waals surface area (Å²) >= 11 is 0. The van der Waals surface area contributed by atoms with Crippen molar-refractivity contribution in [2.75, 3.05) is 5.32 Å². The summed E-state index contributed by atoms with van der Waals surface area (Å²) in [6.45, 7) is 1.98. The summed E-state index contributed by atoms with van der Waals surface area (Å²) in [5.41, 5.74) is 2.65. The summed E-state index contributed by atoms with van der Waals surface area (Å²) < 4.78 is 13.1. The van der Waals surface area contributed by atoms with E-state index in [9.17, 15) is 14.0 Å². The second kappa shape index (κ2) is 6.66. The lowest BCUT2D eigenvalue weighted by atomic mass is 10.1. The third kappa shape index (κ3) is 3.68. The lowest BCUT2D eigenvalue weighted by Crippen LogP contribution is -2.17. The van der Waals surface area contributed by atoms with Gasteiger partial charge in [0.1, 0.15) is 5.82 Å². The van der Waals surface area contributed by atoms with Crippen molar-refractivity contribution in [2.24, 2.45) is 0 Å². The van der Waals surface area contributed by atoms with Crippen molar-refractivity contribution in [3.8, 4) is 0 Å². The zero-order valence-corrected chi connectivity index (χ0v) is 13.2. The summed E-state index contributed by atoms with van der Waals surface area (Å²) in [6.07, 6.45) is 0.470. The lowest BCUT2D eigenvalue weighted by Gasteiger charge is -2.06. The van der Waals surface area contributed by atoms with E-state index in [2.05, 4.69) is 10.3 Å². The van der Waals surface area contributed by atoms with Crippen molar-refractivity contribution in [2.45, 2.75) is 19.8 Å². The van der Waals surface area contributed by atoms with Crippen LogP contribution in [0.2, 0.25) is 0 Å². The number of amides is 1.